The lowest BCUT2D eigenvalue weighted by molar-refractivity contribution is -0.140. The van der Waals surface area contributed by atoms with Gasteiger partial charge in [0.1, 0.15) is 6.10 Å². The molecule has 1 atom stereocenters. The molecule has 3 aliphatic rings. The van der Waals surface area contributed by atoms with Gasteiger partial charge in [0.25, 0.3) is 0 Å². The number of nitrogens with zero attached hydrogens (tertiary/aromatic N) is 6. The minimum absolute atomic E-state index is 0.171. The van der Waals surface area contributed by atoms with Crippen LogP contribution < -0.4 is 10.1 Å². The number of hydrogen-bond donors (Lipinski definition) is 1. The second-order valence-electron chi connectivity index (χ2n) is 9.78. The number of nitrogens with one attached hydrogen (secondary N) is 1. The zero-order valence-electron chi connectivity index (χ0n) is 19.3. The molecule has 1 spiro atoms. The summed E-state index contributed by atoms with van der Waals surface area (Å²) in [7, 11) is 2.15. The minimum atomic E-state index is 0.171. The third kappa shape index (κ3) is 4.62. The van der Waals surface area contributed by atoms with Crippen molar-refractivity contribution in [1.29, 1.82) is 0 Å². The fourth-order valence-corrected chi connectivity index (χ4v) is 5.83. The van der Waals surface area contributed by atoms with E-state index in [0.29, 0.717) is 23.3 Å². The van der Waals surface area contributed by atoms with Crippen LogP contribution in [0.15, 0.2) is 30.9 Å². The van der Waals surface area contributed by atoms with Crippen LogP contribution >= 0.6 is 11.3 Å². The Balaban J connectivity index is 1.07. The molecular formula is C24H29N7O2S. The number of aromatic nitrogens is 5. The molecule has 1 N–H and O–H groups in total. The monoisotopic (exact) mass is 479 g/mol. The summed E-state index contributed by atoms with van der Waals surface area (Å²) in [5.41, 5.74) is 2.40. The van der Waals surface area contributed by atoms with Gasteiger partial charge in [-0.3, -0.25) is 0 Å². The van der Waals surface area contributed by atoms with Crippen LogP contribution in [0, 0.1) is 5.41 Å². The van der Waals surface area contributed by atoms with E-state index < -0.39 is 0 Å². The van der Waals surface area contributed by atoms with Crippen LogP contribution in [0.2, 0.25) is 0 Å². The summed E-state index contributed by atoms with van der Waals surface area (Å²) in [6, 6.07) is 2.32. The van der Waals surface area contributed by atoms with Crippen molar-refractivity contribution in [2.75, 3.05) is 38.7 Å². The van der Waals surface area contributed by atoms with Gasteiger partial charge in [-0.15, -0.1) is 0 Å². The zero-order chi connectivity index (χ0) is 23.0. The molecule has 1 saturated carbocycles. The first-order valence-electron chi connectivity index (χ1n) is 12.0. The van der Waals surface area contributed by atoms with Crippen molar-refractivity contribution >= 4 is 22.4 Å². The average molecular weight is 480 g/mol. The Morgan fingerprint density at radius 2 is 1.91 bits per heavy atom. The Hall–Kier alpha value is -2.69. The van der Waals surface area contributed by atoms with Crippen molar-refractivity contribution < 1.29 is 9.47 Å². The first-order valence-corrected chi connectivity index (χ1v) is 12.8. The molecule has 0 unspecified atom stereocenters. The summed E-state index contributed by atoms with van der Waals surface area (Å²) in [6.07, 6.45) is 13.1. The molecular weight excluding hydrogens is 450 g/mol. The van der Waals surface area contributed by atoms with E-state index in [-0.39, 0.29) is 6.10 Å². The number of ether oxygens (including phenoxy) is 2. The van der Waals surface area contributed by atoms with E-state index in [9.17, 15) is 0 Å². The summed E-state index contributed by atoms with van der Waals surface area (Å²) in [4.78, 5) is 25.7. The van der Waals surface area contributed by atoms with Gasteiger partial charge in [0.15, 0.2) is 5.13 Å². The van der Waals surface area contributed by atoms with Crippen LogP contribution in [0.4, 0.5) is 11.1 Å². The molecule has 1 aliphatic carbocycles. The van der Waals surface area contributed by atoms with Crippen LogP contribution in [0.1, 0.15) is 43.6 Å². The standard InChI is InChI=1S/C24H29N7O2S/c1-31-9-5-16(13-31)17-10-26-21(27-11-17)30-23-28-12-20(34-23)19-4-8-25-22(29-19)33-18-2-6-24(7-3-18)14-32-15-24/h4,8,10-12,16,18H,2-3,5-7,9,13-15H2,1H3,(H,26,27,28,30)/t16-/m0/s1. The topological polar surface area (TPSA) is 98.2 Å². The van der Waals surface area contributed by atoms with Gasteiger partial charge >= 0.3 is 6.01 Å². The minimum Gasteiger partial charge on any atom is -0.460 e. The number of rotatable bonds is 6. The molecule has 0 amide bonds. The molecule has 2 aliphatic heterocycles. The molecule has 3 fully saturated rings. The van der Waals surface area contributed by atoms with E-state index in [1.165, 1.54) is 16.9 Å². The van der Waals surface area contributed by atoms with E-state index in [0.717, 1.165) is 74.1 Å². The molecule has 0 radical (unpaired) electrons. The van der Waals surface area contributed by atoms with E-state index in [1.54, 1.807) is 6.20 Å². The second kappa shape index (κ2) is 9.16. The Morgan fingerprint density at radius 1 is 1.09 bits per heavy atom. The van der Waals surface area contributed by atoms with Gasteiger partial charge in [-0.1, -0.05) is 11.3 Å². The third-order valence-electron chi connectivity index (χ3n) is 7.23. The third-order valence-corrected chi connectivity index (χ3v) is 8.16. The Bertz CT molecular complexity index is 1120. The highest BCUT2D eigenvalue weighted by molar-refractivity contribution is 7.18. The van der Waals surface area contributed by atoms with Gasteiger partial charge in [-0.05, 0) is 57.3 Å². The zero-order valence-corrected chi connectivity index (χ0v) is 20.1. The van der Waals surface area contributed by atoms with Gasteiger partial charge < -0.3 is 19.7 Å². The molecule has 3 aromatic rings. The molecule has 5 heterocycles. The SMILES string of the molecule is CN1CC[C@H](c2cnc(Nc3ncc(-c4ccnc(OC5CCC6(CC5)COC6)n4)s3)nc2)C1. The number of likely N-dealkylation sites (N-methyl/N-ethyl adjacent to an activating group) is 1. The average Bonchev–Trinajstić information content (AvgIpc) is 3.49. The van der Waals surface area contributed by atoms with Crippen molar-refractivity contribution in [2.24, 2.45) is 5.41 Å². The molecule has 9 nitrogen and oxygen atoms in total. The summed E-state index contributed by atoms with van der Waals surface area (Å²) in [6.45, 7) is 3.99. The van der Waals surface area contributed by atoms with E-state index >= 15 is 0 Å². The lowest BCUT2D eigenvalue weighted by atomic mass is 9.72. The molecule has 178 valence electrons. The van der Waals surface area contributed by atoms with E-state index in [2.05, 4.69) is 42.2 Å². The summed E-state index contributed by atoms with van der Waals surface area (Å²) in [5, 5.41) is 3.94. The highest BCUT2D eigenvalue weighted by Gasteiger charge is 2.42. The maximum Gasteiger partial charge on any atom is 0.317 e. The van der Waals surface area contributed by atoms with Crippen molar-refractivity contribution in [3.63, 3.8) is 0 Å². The molecule has 2 saturated heterocycles. The molecule has 6 rings (SSSR count). The van der Waals surface area contributed by atoms with Gasteiger partial charge in [0, 0.05) is 42.7 Å². The summed E-state index contributed by atoms with van der Waals surface area (Å²) in [5.74, 6) is 1.07. The predicted molar refractivity (Wildman–Crippen MR) is 129 cm³/mol. The second-order valence-corrected chi connectivity index (χ2v) is 10.8. The van der Waals surface area contributed by atoms with Gasteiger partial charge in [-0.25, -0.2) is 19.9 Å². The highest BCUT2D eigenvalue weighted by Crippen LogP contribution is 2.43. The maximum absolute atomic E-state index is 6.12. The van der Waals surface area contributed by atoms with Crippen LogP contribution in [0.5, 0.6) is 6.01 Å². The van der Waals surface area contributed by atoms with Crippen molar-refractivity contribution in [3.8, 4) is 16.6 Å². The van der Waals surface area contributed by atoms with Crippen LogP contribution in [0.25, 0.3) is 10.6 Å². The van der Waals surface area contributed by atoms with Gasteiger partial charge in [-0.2, -0.15) is 4.98 Å². The Morgan fingerprint density at radius 3 is 2.62 bits per heavy atom. The van der Waals surface area contributed by atoms with Gasteiger partial charge in [0.05, 0.1) is 23.8 Å². The largest absolute Gasteiger partial charge is 0.460 e. The maximum atomic E-state index is 6.12. The van der Waals surface area contributed by atoms with Crippen molar-refractivity contribution in [2.45, 2.75) is 44.1 Å². The lowest BCUT2D eigenvalue weighted by Gasteiger charge is -2.45. The Labute approximate surface area is 203 Å². The van der Waals surface area contributed by atoms with Crippen LogP contribution in [-0.4, -0.2) is 69.3 Å². The summed E-state index contributed by atoms with van der Waals surface area (Å²) < 4.78 is 11.5. The van der Waals surface area contributed by atoms with Gasteiger partial charge in [0.2, 0.25) is 5.95 Å². The number of anilines is 2. The normalized spacial score (nSPS) is 22.6. The fraction of sp³-hybridized carbons (Fsp3) is 0.542. The fourth-order valence-electron chi connectivity index (χ4n) is 5.05. The molecule has 3 aromatic heterocycles. The number of hydrogen-bond acceptors (Lipinski definition) is 10. The van der Waals surface area contributed by atoms with Crippen molar-refractivity contribution in [1.82, 2.24) is 29.8 Å². The quantitative estimate of drug-likeness (QED) is 0.564. The molecule has 0 bridgehead atoms. The first-order chi connectivity index (χ1) is 16.6. The molecule has 0 aromatic carbocycles. The molecule has 10 heteroatoms. The smallest absolute Gasteiger partial charge is 0.317 e. The summed E-state index contributed by atoms with van der Waals surface area (Å²) >= 11 is 1.51. The first kappa shape index (κ1) is 21.8. The van der Waals surface area contributed by atoms with E-state index in [4.69, 9.17) is 9.47 Å². The van der Waals surface area contributed by atoms with E-state index in [1.807, 2.05) is 24.7 Å². The number of likely N-dealkylation sites (tertiary alicyclic amines) is 1. The van der Waals surface area contributed by atoms with Crippen LogP contribution in [-0.2, 0) is 4.74 Å². The highest BCUT2D eigenvalue weighted by atomic mass is 32.1. The predicted octanol–water partition coefficient (Wildman–Crippen LogP) is 3.89. The Kier molecular flexibility index (Phi) is 5.88. The molecule has 34 heavy (non-hydrogen) atoms. The number of thiazole rings is 1. The van der Waals surface area contributed by atoms with Crippen LogP contribution in [0.3, 0.4) is 0 Å². The van der Waals surface area contributed by atoms with Crippen molar-refractivity contribution in [3.05, 3.63) is 36.4 Å². The lowest BCUT2D eigenvalue weighted by Crippen LogP contribution is -2.46.